The summed E-state index contributed by atoms with van der Waals surface area (Å²) >= 11 is 0. The molecule has 0 radical (unpaired) electrons. The molecule has 10 fully saturated rings. The maximum atomic E-state index is 12.2. The summed E-state index contributed by atoms with van der Waals surface area (Å²) in [5.74, 6) is 6.55. The van der Waals surface area contributed by atoms with Gasteiger partial charge in [-0.05, 0) is 243 Å². The lowest BCUT2D eigenvalue weighted by Crippen LogP contribution is -2.51. The molecule has 5 heteroatoms. The molecule has 10 saturated carbocycles. The minimum Gasteiger partial charge on any atom is -0.393 e. The highest BCUT2D eigenvalue weighted by molar-refractivity contribution is 7.35. The van der Waals surface area contributed by atoms with Gasteiger partial charge >= 0.3 is 0 Å². The van der Waals surface area contributed by atoms with Crippen LogP contribution in [0.3, 0.4) is 0 Å². The molecule has 2 unspecified atom stereocenters. The van der Waals surface area contributed by atoms with E-state index in [4.69, 9.17) is 0 Å². The first-order valence-electron chi connectivity index (χ1n) is 22.1. The standard InChI is InChI=1S/C22H36O2.C22H34O2.C2H7P/c2*1-14(23)16-4-5-17-15-6-9-21-12-19(2,24)10-11-22(21,13-21)18(15)7-8-20(16,17)3;1-3-2/h14-18,23-24H,4-13H2,1-3H3;15-18,24H,4-13H2,1-3H3;3H,1-2H3/t14?,15-,16?,17-,18-,19+,20+,21+,22-;15-,16+,17-,18-,19+,20+,21+,22-;/m00./s1. The van der Waals surface area contributed by atoms with Crippen LogP contribution in [0.25, 0.3) is 0 Å². The first-order valence-corrected chi connectivity index (χ1v) is 24.1. The number of carbonyl (C=O) groups is 1. The van der Waals surface area contributed by atoms with E-state index in [9.17, 15) is 20.1 Å². The minimum absolute atomic E-state index is 0.136. The molecule has 10 aliphatic carbocycles. The lowest BCUT2D eigenvalue weighted by atomic mass is 9.48. The van der Waals surface area contributed by atoms with Gasteiger partial charge in [-0.2, -0.15) is 0 Å². The minimum atomic E-state index is -0.414. The smallest absolute Gasteiger partial charge is 0.133 e. The molecule has 3 N–H and O–H groups in total. The molecule has 0 saturated heterocycles. The van der Waals surface area contributed by atoms with Gasteiger partial charge in [0.1, 0.15) is 5.78 Å². The van der Waals surface area contributed by atoms with E-state index in [-0.39, 0.29) is 6.10 Å². The molecule has 51 heavy (non-hydrogen) atoms. The Balaban J connectivity index is 0.000000136. The Hall–Kier alpha value is -0.0200. The third-order valence-electron chi connectivity index (χ3n) is 20.2. The Morgan fingerprint density at radius 2 is 1.04 bits per heavy atom. The molecular formula is C46H77O4P. The molecule has 10 rings (SSSR count). The number of Topliss-reactive ketones (excluding diaryl/α,β-unsaturated/α-hetero) is 1. The molecule has 290 valence electrons. The van der Waals surface area contributed by atoms with Crippen molar-refractivity contribution in [2.45, 2.75) is 187 Å². The first kappa shape index (κ1) is 37.9. The number of fused-ring (bicyclic) bond motifs is 6. The highest BCUT2D eigenvalue weighted by atomic mass is 31.1. The highest BCUT2D eigenvalue weighted by Gasteiger charge is 2.78. The van der Waals surface area contributed by atoms with Crippen LogP contribution in [0, 0.1) is 79.8 Å². The van der Waals surface area contributed by atoms with Crippen molar-refractivity contribution in [1.82, 2.24) is 0 Å². The lowest BCUT2D eigenvalue weighted by Gasteiger charge is -2.57. The van der Waals surface area contributed by atoms with Gasteiger partial charge in [-0.1, -0.05) is 13.8 Å². The fourth-order valence-electron chi connectivity index (χ4n) is 18.3. The number of hydrogen-bond acceptors (Lipinski definition) is 4. The van der Waals surface area contributed by atoms with E-state index >= 15 is 0 Å². The molecule has 17 atom stereocenters. The van der Waals surface area contributed by atoms with Crippen molar-refractivity contribution in [3.63, 3.8) is 0 Å². The molecule has 0 aromatic carbocycles. The van der Waals surface area contributed by atoms with Crippen molar-refractivity contribution >= 4 is 14.4 Å². The fraction of sp³-hybridized carbons (Fsp3) is 0.978. The number of ketones is 1. The zero-order valence-electron chi connectivity index (χ0n) is 34.1. The van der Waals surface area contributed by atoms with E-state index in [1.54, 1.807) is 0 Å². The largest absolute Gasteiger partial charge is 0.393 e. The second-order valence-electron chi connectivity index (χ2n) is 22.7. The van der Waals surface area contributed by atoms with Crippen LogP contribution < -0.4 is 0 Å². The Morgan fingerprint density at radius 1 is 0.588 bits per heavy atom. The van der Waals surface area contributed by atoms with E-state index in [2.05, 4.69) is 41.0 Å². The molecule has 0 aromatic heterocycles. The van der Waals surface area contributed by atoms with Gasteiger partial charge < -0.3 is 15.3 Å². The van der Waals surface area contributed by atoms with Crippen LogP contribution in [0.2, 0.25) is 0 Å². The highest BCUT2D eigenvalue weighted by Crippen LogP contribution is 2.85. The third-order valence-corrected chi connectivity index (χ3v) is 20.2. The SMILES string of the molecule is CC(=O)[C@H]1CC[C@H]2[C@@H]3CC[C@]45C[C@](C)(O)CC[C@]4(C5)[C@H]3CC[C@]12C.CC(O)C1CC[C@H]2[C@@H]3CC[C@]45C[C@](C)(O)CC[C@]4(C5)[C@H]3CC[C@]12C.CPC. The van der Waals surface area contributed by atoms with Crippen molar-refractivity contribution < 1.29 is 20.1 Å². The summed E-state index contributed by atoms with van der Waals surface area (Å²) in [6, 6.07) is 0. The molecular weight excluding hydrogens is 647 g/mol. The summed E-state index contributed by atoms with van der Waals surface area (Å²) in [7, 11) is 1.08. The summed E-state index contributed by atoms with van der Waals surface area (Å²) in [5, 5.41) is 31.6. The van der Waals surface area contributed by atoms with Crippen LogP contribution in [-0.4, -0.2) is 51.7 Å². The third kappa shape index (κ3) is 5.40. The van der Waals surface area contributed by atoms with Crippen molar-refractivity contribution in [3.05, 3.63) is 0 Å². The molecule has 0 heterocycles. The normalized spacial score (nSPS) is 58.8. The molecule has 0 amide bonds. The fourth-order valence-corrected chi connectivity index (χ4v) is 18.3. The second kappa shape index (κ2) is 12.2. The van der Waals surface area contributed by atoms with Gasteiger partial charge in [-0.25, -0.2) is 0 Å². The Kier molecular flexibility index (Phi) is 9.09. The van der Waals surface area contributed by atoms with E-state index in [0.29, 0.717) is 50.1 Å². The quantitative estimate of drug-likeness (QED) is 0.248. The maximum Gasteiger partial charge on any atom is 0.133 e. The summed E-state index contributed by atoms with van der Waals surface area (Å²) in [6.07, 6.45) is 25.3. The Bertz CT molecular complexity index is 1370. The van der Waals surface area contributed by atoms with Gasteiger partial charge in [0.25, 0.3) is 0 Å². The number of hydrogen-bond donors (Lipinski definition) is 3. The van der Waals surface area contributed by atoms with Crippen molar-refractivity contribution in [2.75, 3.05) is 13.3 Å². The summed E-state index contributed by atoms with van der Waals surface area (Å²) in [5.41, 5.74) is 2.04. The zero-order valence-corrected chi connectivity index (χ0v) is 35.1. The topological polar surface area (TPSA) is 77.8 Å². The van der Waals surface area contributed by atoms with E-state index in [0.717, 1.165) is 76.2 Å². The molecule has 0 aromatic rings. The van der Waals surface area contributed by atoms with Gasteiger partial charge in [0.15, 0.2) is 0 Å². The van der Waals surface area contributed by atoms with Crippen molar-refractivity contribution in [2.24, 2.45) is 79.8 Å². The summed E-state index contributed by atoms with van der Waals surface area (Å²) in [4.78, 5) is 12.2. The first-order chi connectivity index (χ1) is 23.9. The van der Waals surface area contributed by atoms with Crippen LogP contribution in [0.15, 0.2) is 0 Å². The number of rotatable bonds is 2. The van der Waals surface area contributed by atoms with Gasteiger partial charge in [0, 0.05) is 5.92 Å². The average molecular weight is 725 g/mol. The lowest BCUT2D eigenvalue weighted by molar-refractivity contribution is -0.130. The van der Waals surface area contributed by atoms with E-state index in [1.807, 2.05) is 13.8 Å². The predicted molar refractivity (Wildman–Crippen MR) is 210 cm³/mol. The van der Waals surface area contributed by atoms with Crippen LogP contribution in [0.1, 0.15) is 170 Å². The number of aliphatic hydroxyl groups excluding tert-OH is 1. The summed E-state index contributed by atoms with van der Waals surface area (Å²) < 4.78 is 0. The van der Waals surface area contributed by atoms with Crippen LogP contribution in [0.4, 0.5) is 0 Å². The van der Waals surface area contributed by atoms with Gasteiger partial charge in [-0.15, -0.1) is 8.58 Å². The predicted octanol–water partition coefficient (Wildman–Crippen LogP) is 10.2. The van der Waals surface area contributed by atoms with Crippen molar-refractivity contribution in [3.8, 4) is 0 Å². The number of carbonyl (C=O) groups excluding carboxylic acids is 1. The molecule has 0 aliphatic heterocycles. The monoisotopic (exact) mass is 725 g/mol. The molecule has 0 bridgehead atoms. The molecule has 0 spiro atoms. The van der Waals surface area contributed by atoms with E-state index in [1.165, 1.54) is 96.3 Å². The zero-order chi connectivity index (χ0) is 36.6. The summed E-state index contributed by atoms with van der Waals surface area (Å²) in [6.45, 7) is 17.3. The molecule has 10 aliphatic rings. The van der Waals surface area contributed by atoms with Gasteiger partial charge in [-0.3, -0.25) is 4.79 Å². The Morgan fingerprint density at radius 3 is 1.51 bits per heavy atom. The van der Waals surface area contributed by atoms with Crippen LogP contribution in [0.5, 0.6) is 0 Å². The Labute approximate surface area is 314 Å². The number of aliphatic hydroxyl groups is 3. The van der Waals surface area contributed by atoms with Gasteiger partial charge in [0.05, 0.1) is 17.3 Å². The molecule has 4 nitrogen and oxygen atoms in total. The van der Waals surface area contributed by atoms with Crippen molar-refractivity contribution in [1.29, 1.82) is 0 Å². The van der Waals surface area contributed by atoms with E-state index < -0.39 is 11.2 Å². The maximum absolute atomic E-state index is 12.2. The van der Waals surface area contributed by atoms with Crippen LogP contribution >= 0.6 is 8.58 Å². The average Bonchev–Trinajstić information content (AvgIpc) is 3.80. The van der Waals surface area contributed by atoms with Gasteiger partial charge in [0.2, 0.25) is 0 Å². The second-order valence-corrected chi connectivity index (χ2v) is 23.7. The van der Waals surface area contributed by atoms with Crippen LogP contribution in [-0.2, 0) is 4.79 Å².